The maximum atomic E-state index is 12.6. The molecule has 31 heavy (non-hydrogen) atoms. The standard InChI is InChI=1S/C20H22F2N2O6S/c1-3-24(4-2)31(27,28)15-9-7-8-14(12-15)23-18(25)13-29-19(26)16-10-5-6-11-17(16)30-20(21)22/h5-12,20H,3-4,13H2,1-2H3,(H,23,25). The first-order chi connectivity index (χ1) is 14.7. The van der Waals surface area contributed by atoms with Gasteiger partial charge in [0.1, 0.15) is 11.3 Å². The third kappa shape index (κ3) is 6.46. The zero-order valence-electron chi connectivity index (χ0n) is 16.9. The number of amides is 1. The monoisotopic (exact) mass is 456 g/mol. The molecule has 2 rings (SSSR count). The number of para-hydroxylation sites is 1. The second-order valence-electron chi connectivity index (χ2n) is 6.12. The Morgan fingerprint density at radius 1 is 1.06 bits per heavy atom. The van der Waals surface area contributed by atoms with Crippen LogP contribution in [-0.2, 0) is 19.6 Å². The summed E-state index contributed by atoms with van der Waals surface area (Å²) in [4.78, 5) is 24.2. The minimum absolute atomic E-state index is 0.00377. The van der Waals surface area contributed by atoms with Crippen molar-refractivity contribution in [1.82, 2.24) is 4.31 Å². The molecule has 0 unspecified atom stereocenters. The summed E-state index contributed by atoms with van der Waals surface area (Å²) >= 11 is 0. The van der Waals surface area contributed by atoms with E-state index in [1.807, 2.05) is 0 Å². The highest BCUT2D eigenvalue weighted by atomic mass is 32.2. The van der Waals surface area contributed by atoms with Gasteiger partial charge in [0, 0.05) is 18.8 Å². The Morgan fingerprint density at radius 2 is 1.74 bits per heavy atom. The number of hydrogen-bond donors (Lipinski definition) is 1. The fourth-order valence-corrected chi connectivity index (χ4v) is 4.19. The molecular formula is C20H22F2N2O6S. The van der Waals surface area contributed by atoms with E-state index in [-0.39, 0.29) is 21.9 Å². The highest BCUT2D eigenvalue weighted by molar-refractivity contribution is 7.89. The molecule has 168 valence electrons. The zero-order valence-corrected chi connectivity index (χ0v) is 17.7. The molecule has 1 amide bonds. The molecule has 0 heterocycles. The maximum Gasteiger partial charge on any atom is 0.387 e. The van der Waals surface area contributed by atoms with E-state index >= 15 is 0 Å². The Morgan fingerprint density at radius 3 is 2.39 bits per heavy atom. The van der Waals surface area contributed by atoms with Crippen molar-refractivity contribution in [2.24, 2.45) is 0 Å². The second kappa shape index (κ2) is 10.8. The van der Waals surface area contributed by atoms with Crippen LogP contribution in [0.5, 0.6) is 5.75 Å². The summed E-state index contributed by atoms with van der Waals surface area (Å²) in [5.41, 5.74) is -0.0707. The predicted molar refractivity (Wildman–Crippen MR) is 109 cm³/mol. The van der Waals surface area contributed by atoms with Crippen LogP contribution in [0.25, 0.3) is 0 Å². The van der Waals surface area contributed by atoms with E-state index in [4.69, 9.17) is 4.74 Å². The Kier molecular flexibility index (Phi) is 8.46. The molecule has 8 nitrogen and oxygen atoms in total. The number of ether oxygens (including phenoxy) is 2. The molecule has 0 bridgehead atoms. The Bertz CT molecular complexity index is 1030. The van der Waals surface area contributed by atoms with Crippen LogP contribution in [0.1, 0.15) is 24.2 Å². The molecule has 0 saturated heterocycles. The van der Waals surface area contributed by atoms with Gasteiger partial charge in [-0.25, -0.2) is 13.2 Å². The fraction of sp³-hybridized carbons (Fsp3) is 0.300. The van der Waals surface area contributed by atoms with E-state index in [1.54, 1.807) is 13.8 Å². The third-order valence-electron chi connectivity index (χ3n) is 4.12. The molecule has 0 spiro atoms. The molecule has 1 N–H and O–H groups in total. The molecule has 0 aliphatic carbocycles. The van der Waals surface area contributed by atoms with Gasteiger partial charge in [0.15, 0.2) is 6.61 Å². The van der Waals surface area contributed by atoms with Crippen molar-refractivity contribution in [3.05, 3.63) is 54.1 Å². The van der Waals surface area contributed by atoms with Gasteiger partial charge in [-0.15, -0.1) is 0 Å². The minimum Gasteiger partial charge on any atom is -0.452 e. The van der Waals surface area contributed by atoms with Crippen LogP contribution in [0.4, 0.5) is 14.5 Å². The summed E-state index contributed by atoms with van der Waals surface area (Å²) in [5.74, 6) is -2.14. The average molecular weight is 456 g/mol. The van der Waals surface area contributed by atoms with Crippen molar-refractivity contribution in [2.45, 2.75) is 25.4 Å². The number of rotatable bonds is 10. The van der Waals surface area contributed by atoms with Gasteiger partial charge in [-0.05, 0) is 30.3 Å². The first-order valence-corrected chi connectivity index (χ1v) is 10.7. The lowest BCUT2D eigenvalue weighted by atomic mass is 10.2. The lowest BCUT2D eigenvalue weighted by molar-refractivity contribution is -0.119. The van der Waals surface area contributed by atoms with E-state index in [1.165, 1.54) is 52.8 Å². The third-order valence-corrected chi connectivity index (χ3v) is 6.16. The van der Waals surface area contributed by atoms with Gasteiger partial charge >= 0.3 is 12.6 Å². The van der Waals surface area contributed by atoms with Crippen molar-refractivity contribution < 1.29 is 36.3 Å². The van der Waals surface area contributed by atoms with E-state index in [9.17, 15) is 26.8 Å². The number of hydrogen-bond acceptors (Lipinski definition) is 6. The molecule has 0 fully saturated rings. The van der Waals surface area contributed by atoms with Crippen LogP contribution in [0.2, 0.25) is 0 Å². The molecule has 0 aliphatic rings. The van der Waals surface area contributed by atoms with Gasteiger partial charge in [-0.3, -0.25) is 4.79 Å². The molecule has 0 radical (unpaired) electrons. The maximum absolute atomic E-state index is 12.6. The number of carbonyl (C=O) groups is 2. The normalized spacial score (nSPS) is 11.4. The number of halogens is 2. The van der Waals surface area contributed by atoms with Crippen LogP contribution in [0, 0.1) is 0 Å². The molecule has 0 aromatic heterocycles. The molecule has 11 heteroatoms. The molecule has 0 aliphatic heterocycles. The number of carbonyl (C=O) groups excluding carboxylic acids is 2. The van der Waals surface area contributed by atoms with Gasteiger partial charge in [0.05, 0.1) is 4.90 Å². The van der Waals surface area contributed by atoms with Crippen molar-refractivity contribution in [3.63, 3.8) is 0 Å². The fourth-order valence-electron chi connectivity index (χ4n) is 2.69. The largest absolute Gasteiger partial charge is 0.452 e. The molecule has 0 saturated carbocycles. The lowest BCUT2D eigenvalue weighted by Gasteiger charge is -2.18. The van der Waals surface area contributed by atoms with Gasteiger partial charge in [0.25, 0.3) is 5.91 Å². The Labute approximate surface area is 178 Å². The highest BCUT2D eigenvalue weighted by Gasteiger charge is 2.22. The first kappa shape index (κ1) is 24.2. The summed E-state index contributed by atoms with van der Waals surface area (Å²) in [7, 11) is -3.71. The smallest absolute Gasteiger partial charge is 0.387 e. The van der Waals surface area contributed by atoms with Crippen LogP contribution >= 0.6 is 0 Å². The lowest BCUT2D eigenvalue weighted by Crippen LogP contribution is -2.30. The number of alkyl halides is 2. The molecular weight excluding hydrogens is 434 g/mol. The highest BCUT2D eigenvalue weighted by Crippen LogP contribution is 2.22. The number of benzene rings is 2. The van der Waals surface area contributed by atoms with Crippen molar-refractivity contribution in [2.75, 3.05) is 25.0 Å². The minimum atomic E-state index is -3.71. The number of nitrogens with zero attached hydrogens (tertiary/aromatic N) is 1. The van der Waals surface area contributed by atoms with Gasteiger partial charge < -0.3 is 14.8 Å². The van der Waals surface area contributed by atoms with E-state index in [0.29, 0.717) is 13.1 Å². The quantitative estimate of drug-likeness (QED) is 0.551. The van der Waals surface area contributed by atoms with Gasteiger partial charge in [-0.1, -0.05) is 32.0 Å². The average Bonchev–Trinajstić information content (AvgIpc) is 2.73. The molecule has 2 aromatic carbocycles. The second-order valence-corrected chi connectivity index (χ2v) is 8.05. The Hall–Kier alpha value is -3.05. The van der Waals surface area contributed by atoms with Crippen molar-refractivity contribution in [3.8, 4) is 5.75 Å². The Balaban J connectivity index is 2.04. The summed E-state index contributed by atoms with van der Waals surface area (Å²) in [6, 6.07) is 10.9. The SMILES string of the molecule is CCN(CC)S(=O)(=O)c1cccc(NC(=O)COC(=O)c2ccccc2OC(F)F)c1. The number of sulfonamides is 1. The number of esters is 1. The predicted octanol–water partition coefficient (Wildman–Crippen LogP) is 3.11. The van der Waals surface area contributed by atoms with Crippen LogP contribution in [0.3, 0.4) is 0 Å². The topological polar surface area (TPSA) is 102 Å². The first-order valence-electron chi connectivity index (χ1n) is 9.30. The van der Waals surface area contributed by atoms with Crippen LogP contribution in [0.15, 0.2) is 53.4 Å². The number of nitrogens with one attached hydrogen (secondary N) is 1. The molecule has 2 aromatic rings. The summed E-state index contributed by atoms with van der Waals surface area (Å²) in [5, 5.41) is 2.43. The van der Waals surface area contributed by atoms with E-state index < -0.39 is 35.1 Å². The zero-order chi connectivity index (χ0) is 23.0. The van der Waals surface area contributed by atoms with Gasteiger partial charge in [0.2, 0.25) is 10.0 Å². The summed E-state index contributed by atoms with van der Waals surface area (Å²) in [6.07, 6.45) is 0. The number of anilines is 1. The summed E-state index contributed by atoms with van der Waals surface area (Å²) < 4.78 is 60.5. The molecule has 0 atom stereocenters. The van der Waals surface area contributed by atoms with Gasteiger partial charge in [-0.2, -0.15) is 13.1 Å². The van der Waals surface area contributed by atoms with Crippen LogP contribution < -0.4 is 10.1 Å². The van der Waals surface area contributed by atoms with E-state index in [2.05, 4.69) is 10.1 Å². The summed E-state index contributed by atoms with van der Waals surface area (Å²) in [6.45, 7) is 0.174. The van der Waals surface area contributed by atoms with Crippen LogP contribution in [-0.4, -0.2) is 50.9 Å². The van der Waals surface area contributed by atoms with Crippen molar-refractivity contribution in [1.29, 1.82) is 0 Å². The van der Waals surface area contributed by atoms with E-state index in [0.717, 1.165) is 0 Å². The van der Waals surface area contributed by atoms with Crippen molar-refractivity contribution >= 4 is 27.6 Å².